The average molecular weight is 292 g/mol. The number of nitrogens with one attached hydrogen (secondary N) is 1. The van der Waals surface area contributed by atoms with Crippen LogP contribution in [0.3, 0.4) is 0 Å². The van der Waals surface area contributed by atoms with Gasteiger partial charge in [0, 0.05) is 23.2 Å². The maximum atomic E-state index is 11.1. The summed E-state index contributed by atoms with van der Waals surface area (Å²) < 4.78 is 0. The molecule has 1 aromatic carbocycles. The molecule has 0 fully saturated rings. The largest absolute Gasteiger partial charge is 0.371 e. The van der Waals surface area contributed by atoms with Crippen LogP contribution >= 0.6 is 11.3 Å². The predicted molar refractivity (Wildman–Crippen MR) is 75.8 cm³/mol. The summed E-state index contributed by atoms with van der Waals surface area (Å²) in [6, 6.07) is 3.92. The number of carbonyl (C=O) groups excluding carboxylic acids is 1. The molecule has 0 aliphatic heterocycles. The fraction of sp³-hybridized carbons (Fsp3) is 0.167. The SMILES string of the molecule is CC(Nc1ccc(C(N)=O)cc1[N+](=O)[O-])c1nccs1. The molecule has 0 bridgehead atoms. The monoisotopic (exact) mass is 292 g/mol. The molecule has 3 N–H and O–H groups in total. The van der Waals surface area contributed by atoms with Gasteiger partial charge in [-0.1, -0.05) is 0 Å². The van der Waals surface area contributed by atoms with Gasteiger partial charge in [-0.15, -0.1) is 11.3 Å². The lowest BCUT2D eigenvalue weighted by atomic mass is 10.1. The number of thiazole rings is 1. The first-order valence-corrected chi connectivity index (χ1v) is 6.61. The van der Waals surface area contributed by atoms with E-state index in [0.717, 1.165) is 5.01 Å². The summed E-state index contributed by atoms with van der Waals surface area (Å²) >= 11 is 1.45. The summed E-state index contributed by atoms with van der Waals surface area (Å²) in [5, 5.41) is 16.7. The normalized spacial score (nSPS) is 11.8. The third-order valence-corrected chi connectivity index (χ3v) is 3.63. The lowest BCUT2D eigenvalue weighted by Crippen LogP contribution is -2.13. The molecular formula is C12H12N4O3S. The number of primary amides is 1. The Labute approximate surface area is 118 Å². The molecular weight excluding hydrogens is 280 g/mol. The minimum atomic E-state index is -0.701. The Hall–Kier alpha value is -2.48. The van der Waals surface area contributed by atoms with Crippen molar-refractivity contribution in [3.05, 3.63) is 50.5 Å². The molecule has 8 heteroatoms. The van der Waals surface area contributed by atoms with Crippen LogP contribution in [0.5, 0.6) is 0 Å². The van der Waals surface area contributed by atoms with Crippen LogP contribution in [-0.4, -0.2) is 15.8 Å². The fourth-order valence-electron chi connectivity index (χ4n) is 1.70. The molecule has 0 radical (unpaired) electrons. The Balaban J connectivity index is 2.31. The second-order valence-corrected chi connectivity index (χ2v) is 5.02. The smallest absolute Gasteiger partial charge is 0.293 e. The van der Waals surface area contributed by atoms with E-state index in [-0.39, 0.29) is 17.3 Å². The molecule has 0 saturated carbocycles. The van der Waals surface area contributed by atoms with Crippen molar-refractivity contribution in [1.29, 1.82) is 0 Å². The van der Waals surface area contributed by atoms with Gasteiger partial charge in [-0.25, -0.2) is 4.98 Å². The van der Waals surface area contributed by atoms with Crippen molar-refractivity contribution < 1.29 is 9.72 Å². The topological polar surface area (TPSA) is 111 Å². The number of hydrogen-bond acceptors (Lipinski definition) is 6. The molecule has 0 spiro atoms. The van der Waals surface area contributed by atoms with Crippen molar-refractivity contribution in [2.75, 3.05) is 5.32 Å². The van der Waals surface area contributed by atoms with Crippen LogP contribution in [0, 0.1) is 10.1 Å². The molecule has 1 atom stereocenters. The number of aromatic nitrogens is 1. The van der Waals surface area contributed by atoms with Crippen molar-refractivity contribution >= 4 is 28.6 Å². The number of carbonyl (C=O) groups is 1. The van der Waals surface area contributed by atoms with Gasteiger partial charge in [-0.2, -0.15) is 0 Å². The molecule has 1 unspecified atom stereocenters. The van der Waals surface area contributed by atoms with E-state index in [0.29, 0.717) is 5.69 Å². The third kappa shape index (κ3) is 2.91. The van der Waals surface area contributed by atoms with E-state index >= 15 is 0 Å². The number of nitro groups is 1. The van der Waals surface area contributed by atoms with Gasteiger partial charge in [0.2, 0.25) is 5.91 Å². The Morgan fingerprint density at radius 2 is 2.30 bits per heavy atom. The van der Waals surface area contributed by atoms with Crippen LogP contribution in [0.2, 0.25) is 0 Å². The molecule has 2 rings (SSSR count). The zero-order valence-corrected chi connectivity index (χ0v) is 11.4. The minimum absolute atomic E-state index is 0.101. The van der Waals surface area contributed by atoms with Crippen LogP contribution in [0.15, 0.2) is 29.8 Å². The highest BCUT2D eigenvalue weighted by Crippen LogP contribution is 2.29. The predicted octanol–water partition coefficient (Wildman–Crippen LogP) is 2.32. The highest BCUT2D eigenvalue weighted by atomic mass is 32.1. The van der Waals surface area contributed by atoms with E-state index in [9.17, 15) is 14.9 Å². The summed E-state index contributed by atoms with van der Waals surface area (Å²) in [5.41, 5.74) is 5.35. The number of nitrogens with two attached hydrogens (primary N) is 1. The standard InChI is InChI=1S/C12H12N4O3S/c1-7(12-14-4-5-20-12)15-9-3-2-8(11(13)17)6-10(9)16(18)19/h2-7,15H,1H3,(H2,13,17). The second-order valence-electron chi connectivity index (χ2n) is 4.09. The van der Waals surface area contributed by atoms with Crippen molar-refractivity contribution in [2.24, 2.45) is 5.73 Å². The number of nitrogens with zero attached hydrogens (tertiary/aromatic N) is 2. The van der Waals surface area contributed by atoms with Crippen LogP contribution in [0.1, 0.15) is 28.3 Å². The maximum absolute atomic E-state index is 11.1. The summed E-state index contributed by atoms with van der Waals surface area (Å²) in [6.45, 7) is 1.85. The number of anilines is 1. The van der Waals surface area contributed by atoms with Gasteiger partial charge in [-0.3, -0.25) is 14.9 Å². The highest BCUT2D eigenvalue weighted by Gasteiger charge is 2.19. The van der Waals surface area contributed by atoms with E-state index in [1.165, 1.54) is 29.5 Å². The van der Waals surface area contributed by atoms with Gasteiger partial charge in [0.1, 0.15) is 10.7 Å². The third-order valence-electron chi connectivity index (χ3n) is 2.67. The molecule has 0 aliphatic rings. The van der Waals surface area contributed by atoms with E-state index in [4.69, 9.17) is 5.73 Å². The van der Waals surface area contributed by atoms with Gasteiger partial charge in [-0.05, 0) is 19.1 Å². The lowest BCUT2D eigenvalue weighted by molar-refractivity contribution is -0.384. The summed E-state index contributed by atoms with van der Waals surface area (Å²) in [5.74, 6) is -0.701. The first kappa shape index (κ1) is 13.9. The molecule has 104 valence electrons. The fourth-order valence-corrected chi connectivity index (χ4v) is 2.35. The minimum Gasteiger partial charge on any atom is -0.371 e. The average Bonchev–Trinajstić information content (AvgIpc) is 2.92. The van der Waals surface area contributed by atoms with E-state index < -0.39 is 10.8 Å². The highest BCUT2D eigenvalue weighted by molar-refractivity contribution is 7.09. The van der Waals surface area contributed by atoms with E-state index in [1.807, 2.05) is 12.3 Å². The van der Waals surface area contributed by atoms with Crippen molar-refractivity contribution in [3.8, 4) is 0 Å². The first-order chi connectivity index (χ1) is 9.49. The van der Waals surface area contributed by atoms with Gasteiger partial charge in [0.15, 0.2) is 0 Å². The molecule has 2 aromatic rings. The van der Waals surface area contributed by atoms with E-state index in [1.54, 1.807) is 6.20 Å². The van der Waals surface area contributed by atoms with Crippen molar-refractivity contribution in [3.63, 3.8) is 0 Å². The van der Waals surface area contributed by atoms with Crippen LogP contribution in [0.4, 0.5) is 11.4 Å². The van der Waals surface area contributed by atoms with Crippen LogP contribution < -0.4 is 11.1 Å². The zero-order chi connectivity index (χ0) is 14.7. The van der Waals surface area contributed by atoms with Crippen LogP contribution in [-0.2, 0) is 0 Å². The van der Waals surface area contributed by atoms with Crippen LogP contribution in [0.25, 0.3) is 0 Å². The van der Waals surface area contributed by atoms with E-state index in [2.05, 4.69) is 10.3 Å². The number of nitro benzene ring substituents is 1. The molecule has 0 aliphatic carbocycles. The lowest BCUT2D eigenvalue weighted by Gasteiger charge is -2.13. The van der Waals surface area contributed by atoms with Gasteiger partial charge in [0.05, 0.1) is 11.0 Å². The number of benzene rings is 1. The summed E-state index contributed by atoms with van der Waals surface area (Å²) in [7, 11) is 0. The van der Waals surface area contributed by atoms with Gasteiger partial charge >= 0.3 is 0 Å². The first-order valence-electron chi connectivity index (χ1n) is 5.73. The quantitative estimate of drug-likeness (QED) is 0.649. The molecule has 20 heavy (non-hydrogen) atoms. The van der Waals surface area contributed by atoms with Crippen molar-refractivity contribution in [2.45, 2.75) is 13.0 Å². The maximum Gasteiger partial charge on any atom is 0.293 e. The Kier molecular flexibility index (Phi) is 3.94. The zero-order valence-electron chi connectivity index (χ0n) is 10.6. The van der Waals surface area contributed by atoms with Gasteiger partial charge < -0.3 is 11.1 Å². The number of rotatable bonds is 5. The molecule has 1 heterocycles. The molecule has 1 amide bonds. The summed E-state index contributed by atoms with van der Waals surface area (Å²) in [4.78, 5) is 25.7. The molecule has 0 saturated heterocycles. The second kappa shape index (κ2) is 5.66. The Morgan fingerprint density at radius 1 is 1.55 bits per heavy atom. The molecule has 1 aromatic heterocycles. The number of hydrogen-bond donors (Lipinski definition) is 2. The summed E-state index contributed by atoms with van der Waals surface area (Å²) in [6.07, 6.45) is 1.67. The van der Waals surface area contributed by atoms with Gasteiger partial charge in [0.25, 0.3) is 5.69 Å². The molecule has 7 nitrogen and oxygen atoms in total. The number of amides is 1. The van der Waals surface area contributed by atoms with Crippen molar-refractivity contribution in [1.82, 2.24) is 4.98 Å². The Bertz CT molecular complexity index is 642. The Morgan fingerprint density at radius 3 is 2.85 bits per heavy atom.